The highest BCUT2D eigenvalue weighted by atomic mass is 19.4. The number of rotatable bonds is 3. The van der Waals surface area contributed by atoms with Crippen LogP contribution in [0.25, 0.3) is 0 Å². The minimum absolute atomic E-state index is 0.190. The first-order valence-corrected chi connectivity index (χ1v) is 7.05. The maximum atomic E-state index is 13.0. The number of halogens is 3. The van der Waals surface area contributed by atoms with Crippen LogP contribution >= 0.6 is 0 Å². The van der Waals surface area contributed by atoms with E-state index in [-0.39, 0.29) is 11.6 Å². The molecule has 0 fully saturated rings. The Morgan fingerprint density at radius 2 is 1.71 bits per heavy atom. The van der Waals surface area contributed by atoms with E-state index in [1.807, 2.05) is 0 Å². The molecule has 2 aromatic rings. The molecule has 8 heteroatoms. The molecule has 1 N–H and O–H groups in total. The number of alkyl halides is 3. The van der Waals surface area contributed by atoms with Crippen LogP contribution < -0.4 is 10.1 Å². The van der Waals surface area contributed by atoms with Gasteiger partial charge in [-0.1, -0.05) is 12.1 Å². The molecule has 0 atom stereocenters. The second-order valence-corrected chi connectivity index (χ2v) is 6.01. The van der Waals surface area contributed by atoms with Crippen LogP contribution in [0.15, 0.2) is 36.7 Å². The third-order valence-electron chi connectivity index (χ3n) is 2.77. The lowest BCUT2D eigenvalue weighted by Crippen LogP contribution is -2.41. The SMILES string of the molecule is CC(C)(C)NC(=O)c1nccnc1Oc1ccccc1C(F)(F)F. The van der Waals surface area contributed by atoms with Gasteiger partial charge < -0.3 is 10.1 Å². The Hall–Kier alpha value is -2.64. The van der Waals surface area contributed by atoms with E-state index < -0.39 is 28.9 Å². The molecule has 2 rings (SSSR count). The number of carbonyl (C=O) groups is 1. The summed E-state index contributed by atoms with van der Waals surface area (Å²) < 4.78 is 44.4. The monoisotopic (exact) mass is 339 g/mol. The van der Waals surface area contributed by atoms with Gasteiger partial charge in [0.15, 0.2) is 5.69 Å². The number of hydrogen-bond acceptors (Lipinski definition) is 4. The summed E-state index contributed by atoms with van der Waals surface area (Å²) in [5.41, 5.74) is -1.70. The average Bonchev–Trinajstić information content (AvgIpc) is 2.45. The van der Waals surface area contributed by atoms with E-state index in [1.165, 1.54) is 24.5 Å². The van der Waals surface area contributed by atoms with E-state index >= 15 is 0 Å². The Morgan fingerprint density at radius 1 is 1.08 bits per heavy atom. The Balaban J connectivity index is 2.38. The van der Waals surface area contributed by atoms with Gasteiger partial charge in [-0.15, -0.1) is 0 Å². The van der Waals surface area contributed by atoms with Crippen molar-refractivity contribution < 1.29 is 22.7 Å². The van der Waals surface area contributed by atoms with E-state index in [0.29, 0.717) is 0 Å². The van der Waals surface area contributed by atoms with Gasteiger partial charge in [-0.25, -0.2) is 9.97 Å². The van der Waals surface area contributed by atoms with Crippen LogP contribution in [-0.2, 0) is 6.18 Å². The first-order chi connectivity index (χ1) is 11.1. The Bertz CT molecular complexity index is 740. The summed E-state index contributed by atoms with van der Waals surface area (Å²) in [6, 6.07) is 4.69. The fourth-order valence-electron chi connectivity index (χ4n) is 1.85. The fraction of sp³-hybridized carbons (Fsp3) is 0.312. The quantitative estimate of drug-likeness (QED) is 0.923. The van der Waals surface area contributed by atoms with Crippen molar-refractivity contribution in [2.24, 2.45) is 0 Å². The van der Waals surface area contributed by atoms with Crippen LogP contribution in [0.5, 0.6) is 11.6 Å². The first-order valence-electron chi connectivity index (χ1n) is 7.05. The summed E-state index contributed by atoms with van der Waals surface area (Å²) in [7, 11) is 0. The lowest BCUT2D eigenvalue weighted by atomic mass is 10.1. The molecule has 0 unspecified atom stereocenters. The summed E-state index contributed by atoms with van der Waals surface area (Å²) in [5, 5.41) is 2.66. The molecule has 0 saturated carbocycles. The minimum atomic E-state index is -4.59. The zero-order chi connectivity index (χ0) is 18.0. The zero-order valence-corrected chi connectivity index (χ0v) is 13.3. The second kappa shape index (κ2) is 6.46. The van der Waals surface area contributed by atoms with Gasteiger partial charge in [0.2, 0.25) is 0 Å². The van der Waals surface area contributed by atoms with E-state index in [9.17, 15) is 18.0 Å². The normalized spacial score (nSPS) is 11.9. The van der Waals surface area contributed by atoms with Crippen LogP contribution in [0.1, 0.15) is 36.8 Å². The van der Waals surface area contributed by atoms with Gasteiger partial charge in [0.05, 0.1) is 5.56 Å². The van der Waals surface area contributed by atoms with E-state index in [0.717, 1.165) is 12.1 Å². The molecule has 5 nitrogen and oxygen atoms in total. The highest BCUT2D eigenvalue weighted by molar-refractivity contribution is 5.94. The smallest absolute Gasteiger partial charge is 0.419 e. The second-order valence-electron chi connectivity index (χ2n) is 6.01. The van der Waals surface area contributed by atoms with Crippen molar-refractivity contribution >= 4 is 5.91 Å². The van der Waals surface area contributed by atoms with Crippen LogP contribution in [-0.4, -0.2) is 21.4 Å². The Labute approximate surface area is 136 Å². The first kappa shape index (κ1) is 17.7. The molecule has 1 amide bonds. The number of para-hydroxylation sites is 1. The molecule has 0 aliphatic rings. The highest BCUT2D eigenvalue weighted by Gasteiger charge is 2.34. The maximum Gasteiger partial charge on any atom is 0.419 e. The summed E-state index contributed by atoms with van der Waals surface area (Å²) in [6.07, 6.45) is -2.09. The Morgan fingerprint density at radius 3 is 2.33 bits per heavy atom. The molecular weight excluding hydrogens is 323 g/mol. The van der Waals surface area contributed by atoms with Crippen molar-refractivity contribution in [3.63, 3.8) is 0 Å². The standard InChI is InChI=1S/C16H16F3N3O2/c1-15(2,3)22-13(23)12-14(21-9-8-20-12)24-11-7-5-4-6-10(11)16(17,18)19/h4-9H,1-3H3,(H,22,23). The van der Waals surface area contributed by atoms with E-state index in [4.69, 9.17) is 4.74 Å². The summed E-state index contributed by atoms with van der Waals surface area (Å²) in [5.74, 6) is -1.33. The van der Waals surface area contributed by atoms with Crippen molar-refractivity contribution in [1.82, 2.24) is 15.3 Å². The lowest BCUT2D eigenvalue weighted by Gasteiger charge is -2.20. The summed E-state index contributed by atoms with van der Waals surface area (Å²) in [6.45, 7) is 5.29. The van der Waals surface area contributed by atoms with Gasteiger partial charge in [-0.3, -0.25) is 4.79 Å². The predicted molar refractivity (Wildman–Crippen MR) is 80.8 cm³/mol. The number of carbonyl (C=O) groups excluding carboxylic acids is 1. The van der Waals surface area contributed by atoms with Gasteiger partial charge in [0.25, 0.3) is 11.8 Å². The number of amides is 1. The lowest BCUT2D eigenvalue weighted by molar-refractivity contribution is -0.138. The summed E-state index contributed by atoms with van der Waals surface area (Å²) >= 11 is 0. The number of ether oxygens (including phenoxy) is 1. The number of nitrogens with one attached hydrogen (secondary N) is 1. The van der Waals surface area contributed by atoms with Gasteiger partial charge >= 0.3 is 6.18 Å². The molecule has 0 bridgehead atoms. The average molecular weight is 339 g/mol. The molecule has 1 heterocycles. The predicted octanol–water partition coefficient (Wildman–Crippen LogP) is 3.82. The topological polar surface area (TPSA) is 64.1 Å². The molecule has 1 aromatic heterocycles. The van der Waals surface area contributed by atoms with Crippen molar-refractivity contribution in [2.75, 3.05) is 0 Å². The third kappa shape index (κ3) is 4.43. The van der Waals surface area contributed by atoms with Gasteiger partial charge in [-0.05, 0) is 32.9 Å². The number of nitrogens with zero attached hydrogens (tertiary/aromatic N) is 2. The fourth-order valence-corrected chi connectivity index (χ4v) is 1.85. The number of benzene rings is 1. The van der Waals surface area contributed by atoms with Crippen molar-refractivity contribution in [3.05, 3.63) is 47.9 Å². The number of hydrogen-bond donors (Lipinski definition) is 1. The molecular formula is C16H16F3N3O2. The van der Waals surface area contributed by atoms with Crippen LogP contribution in [0, 0.1) is 0 Å². The van der Waals surface area contributed by atoms with Crippen molar-refractivity contribution in [2.45, 2.75) is 32.5 Å². The molecule has 1 aromatic carbocycles. The van der Waals surface area contributed by atoms with Crippen molar-refractivity contribution in [1.29, 1.82) is 0 Å². The van der Waals surface area contributed by atoms with Crippen molar-refractivity contribution in [3.8, 4) is 11.6 Å². The van der Waals surface area contributed by atoms with Gasteiger partial charge in [0.1, 0.15) is 5.75 Å². The largest absolute Gasteiger partial charge is 0.436 e. The molecule has 0 radical (unpaired) electrons. The maximum absolute atomic E-state index is 13.0. The third-order valence-corrected chi connectivity index (χ3v) is 2.77. The molecule has 0 saturated heterocycles. The molecule has 128 valence electrons. The van der Waals surface area contributed by atoms with E-state index in [1.54, 1.807) is 20.8 Å². The van der Waals surface area contributed by atoms with Gasteiger partial charge in [-0.2, -0.15) is 13.2 Å². The minimum Gasteiger partial charge on any atom is -0.436 e. The molecule has 0 aliphatic heterocycles. The van der Waals surface area contributed by atoms with Crippen LogP contribution in [0.2, 0.25) is 0 Å². The molecule has 0 spiro atoms. The molecule has 0 aliphatic carbocycles. The van der Waals surface area contributed by atoms with E-state index in [2.05, 4.69) is 15.3 Å². The van der Waals surface area contributed by atoms with Crippen LogP contribution in [0.4, 0.5) is 13.2 Å². The number of aromatic nitrogens is 2. The summed E-state index contributed by atoms with van der Waals surface area (Å²) in [4.78, 5) is 19.9. The van der Waals surface area contributed by atoms with Gasteiger partial charge in [0, 0.05) is 17.9 Å². The molecule has 24 heavy (non-hydrogen) atoms. The van der Waals surface area contributed by atoms with Crippen LogP contribution in [0.3, 0.4) is 0 Å². The Kier molecular flexibility index (Phi) is 4.77. The zero-order valence-electron chi connectivity index (χ0n) is 13.3. The highest BCUT2D eigenvalue weighted by Crippen LogP contribution is 2.37.